The van der Waals surface area contributed by atoms with E-state index in [-0.39, 0.29) is 39.2 Å². The largest absolute Gasteiger partial charge is 0.471 e. The number of hydrogen-bond acceptors (Lipinski definition) is 8. The molecule has 51 heavy (non-hydrogen) atoms. The van der Waals surface area contributed by atoms with Crippen molar-refractivity contribution in [3.63, 3.8) is 0 Å². The number of esters is 1. The molecule has 0 spiro atoms. The zero-order valence-corrected chi connectivity index (χ0v) is 32.8. The standard InChI is InChI=1S/C39H57ClN2O8S/c1-7-8-9-10-11-12-13-14-15-16-17-18-19-20-25-49-37(45)29-21-23-31(40)32(26-29)41-36(44)35(28(2)43)50-34-24-22-30(51(6,47)48)27-33(34)42-38(46)39(3,4)5/h21-24,26-27,35H,7-20,25H2,1-6H3,(H,41,44)(H,42,46). The van der Waals surface area contributed by atoms with Crippen molar-refractivity contribution in [2.24, 2.45) is 5.41 Å². The Labute approximate surface area is 309 Å². The first-order valence-electron chi connectivity index (χ1n) is 18.1. The Hall–Kier alpha value is -3.44. The summed E-state index contributed by atoms with van der Waals surface area (Å²) in [6, 6.07) is 8.00. The summed E-state index contributed by atoms with van der Waals surface area (Å²) in [5.41, 5.74) is -0.635. The van der Waals surface area contributed by atoms with Crippen molar-refractivity contribution >= 4 is 56.4 Å². The number of halogens is 1. The van der Waals surface area contributed by atoms with Crippen LogP contribution in [0.15, 0.2) is 41.3 Å². The molecule has 0 fully saturated rings. The van der Waals surface area contributed by atoms with Crippen LogP contribution >= 0.6 is 11.6 Å². The number of amides is 2. The molecule has 2 aromatic carbocycles. The van der Waals surface area contributed by atoms with Crippen LogP contribution in [-0.2, 0) is 29.0 Å². The number of hydrogen-bond donors (Lipinski definition) is 2. The summed E-state index contributed by atoms with van der Waals surface area (Å²) in [5, 5.41) is 5.29. The minimum absolute atomic E-state index is 0.0292. The summed E-state index contributed by atoms with van der Waals surface area (Å²) in [4.78, 5) is 51.4. The van der Waals surface area contributed by atoms with Crippen molar-refractivity contribution in [2.45, 2.75) is 136 Å². The maximum absolute atomic E-state index is 13.3. The fourth-order valence-electron chi connectivity index (χ4n) is 5.19. The molecule has 0 heterocycles. The van der Waals surface area contributed by atoms with E-state index in [1.807, 2.05) is 0 Å². The van der Waals surface area contributed by atoms with E-state index >= 15 is 0 Å². The van der Waals surface area contributed by atoms with Gasteiger partial charge in [-0.3, -0.25) is 14.4 Å². The first-order valence-corrected chi connectivity index (χ1v) is 20.4. The third-order valence-corrected chi connectivity index (χ3v) is 9.79. The van der Waals surface area contributed by atoms with Gasteiger partial charge in [0, 0.05) is 11.7 Å². The van der Waals surface area contributed by atoms with Gasteiger partial charge in [-0.2, -0.15) is 0 Å². The van der Waals surface area contributed by atoms with E-state index in [1.54, 1.807) is 20.8 Å². The smallest absolute Gasteiger partial charge is 0.338 e. The highest BCUT2D eigenvalue weighted by Crippen LogP contribution is 2.31. The van der Waals surface area contributed by atoms with E-state index in [1.165, 1.54) is 107 Å². The van der Waals surface area contributed by atoms with Gasteiger partial charge < -0.3 is 20.1 Å². The van der Waals surface area contributed by atoms with Crippen molar-refractivity contribution in [1.82, 2.24) is 0 Å². The highest BCUT2D eigenvalue weighted by molar-refractivity contribution is 7.90. The molecule has 0 aliphatic rings. The third kappa shape index (κ3) is 16.2. The van der Waals surface area contributed by atoms with Crippen LogP contribution in [0, 0.1) is 5.41 Å². The summed E-state index contributed by atoms with van der Waals surface area (Å²) in [7, 11) is -3.66. The monoisotopic (exact) mass is 748 g/mol. The maximum atomic E-state index is 13.3. The summed E-state index contributed by atoms with van der Waals surface area (Å²) >= 11 is 6.32. The average Bonchev–Trinajstić information content (AvgIpc) is 3.05. The second kappa shape index (κ2) is 21.8. The molecule has 2 rings (SSSR count). The van der Waals surface area contributed by atoms with Crippen molar-refractivity contribution in [3.05, 3.63) is 47.0 Å². The fourth-order valence-corrected chi connectivity index (χ4v) is 6.00. The van der Waals surface area contributed by atoms with Gasteiger partial charge in [-0.15, -0.1) is 0 Å². The van der Waals surface area contributed by atoms with Crippen LogP contribution < -0.4 is 15.4 Å². The average molecular weight is 749 g/mol. The Morgan fingerprint density at radius 1 is 0.765 bits per heavy atom. The number of ketones is 1. The minimum Gasteiger partial charge on any atom is -0.471 e. The van der Waals surface area contributed by atoms with Crippen LogP contribution in [0.5, 0.6) is 5.75 Å². The van der Waals surface area contributed by atoms with E-state index in [0.29, 0.717) is 0 Å². The van der Waals surface area contributed by atoms with E-state index < -0.39 is 44.9 Å². The molecule has 0 bridgehead atoms. The van der Waals surface area contributed by atoms with Gasteiger partial charge in [-0.25, -0.2) is 13.2 Å². The summed E-state index contributed by atoms with van der Waals surface area (Å²) in [6.07, 6.45) is 16.5. The molecule has 12 heteroatoms. The van der Waals surface area contributed by atoms with E-state index in [4.69, 9.17) is 21.1 Å². The predicted molar refractivity (Wildman–Crippen MR) is 203 cm³/mol. The zero-order valence-electron chi connectivity index (χ0n) is 31.2. The van der Waals surface area contributed by atoms with Gasteiger partial charge in [-0.05, 0) is 49.7 Å². The number of unbranched alkanes of at least 4 members (excludes halogenated alkanes) is 13. The molecule has 0 aliphatic heterocycles. The molecule has 0 aliphatic carbocycles. The van der Waals surface area contributed by atoms with E-state index in [9.17, 15) is 27.6 Å². The molecule has 0 saturated heterocycles. The predicted octanol–water partition coefficient (Wildman–Crippen LogP) is 9.34. The van der Waals surface area contributed by atoms with Crippen molar-refractivity contribution in [3.8, 4) is 5.75 Å². The minimum atomic E-state index is -3.66. The second-order valence-electron chi connectivity index (χ2n) is 14.2. The molecule has 2 amide bonds. The number of benzene rings is 2. The molecular weight excluding hydrogens is 692 g/mol. The molecule has 1 unspecified atom stereocenters. The van der Waals surface area contributed by atoms with Gasteiger partial charge in [0.05, 0.1) is 33.5 Å². The highest BCUT2D eigenvalue weighted by atomic mass is 35.5. The number of ether oxygens (including phenoxy) is 2. The lowest BCUT2D eigenvalue weighted by atomic mass is 9.95. The number of rotatable bonds is 23. The van der Waals surface area contributed by atoms with E-state index in [0.717, 1.165) is 32.4 Å². The molecule has 0 aromatic heterocycles. The Balaban J connectivity index is 1.93. The second-order valence-corrected chi connectivity index (χ2v) is 16.6. The number of Topliss-reactive ketones (excluding diaryl/α,β-unsaturated/α-hetero) is 1. The van der Waals surface area contributed by atoms with Crippen molar-refractivity contribution in [1.29, 1.82) is 0 Å². The van der Waals surface area contributed by atoms with Crippen LogP contribution in [0.4, 0.5) is 11.4 Å². The Bertz CT molecular complexity index is 1570. The van der Waals surface area contributed by atoms with Gasteiger partial charge in [-0.1, -0.05) is 123 Å². The zero-order chi connectivity index (χ0) is 38.0. The van der Waals surface area contributed by atoms with Crippen molar-refractivity contribution < 1.29 is 37.1 Å². The maximum Gasteiger partial charge on any atom is 0.338 e. The lowest BCUT2D eigenvalue weighted by molar-refractivity contribution is -0.133. The Morgan fingerprint density at radius 3 is 1.82 bits per heavy atom. The van der Waals surface area contributed by atoms with Crippen LogP contribution in [0.25, 0.3) is 0 Å². The molecule has 10 nitrogen and oxygen atoms in total. The third-order valence-electron chi connectivity index (χ3n) is 8.35. The normalized spacial score (nSPS) is 12.2. The van der Waals surface area contributed by atoms with E-state index in [2.05, 4.69) is 17.6 Å². The summed E-state index contributed by atoms with van der Waals surface area (Å²) in [6.45, 7) is 8.67. The molecule has 0 radical (unpaired) electrons. The Kier molecular flexibility index (Phi) is 18.7. The molecule has 0 saturated carbocycles. The molecule has 1 atom stereocenters. The first kappa shape index (κ1) is 43.7. The quantitative estimate of drug-likeness (QED) is 0.0650. The highest BCUT2D eigenvalue weighted by Gasteiger charge is 2.29. The Morgan fingerprint density at radius 2 is 1.31 bits per heavy atom. The molecule has 284 valence electrons. The lowest BCUT2D eigenvalue weighted by Gasteiger charge is -2.22. The van der Waals surface area contributed by atoms with Crippen molar-refractivity contribution in [2.75, 3.05) is 23.5 Å². The van der Waals surface area contributed by atoms with Crippen LogP contribution in [-0.4, -0.2) is 51.0 Å². The van der Waals surface area contributed by atoms with Gasteiger partial charge in [0.25, 0.3) is 5.91 Å². The lowest BCUT2D eigenvalue weighted by Crippen LogP contribution is -2.39. The first-order chi connectivity index (χ1) is 24.0. The fraction of sp³-hybridized carbons (Fsp3) is 0.590. The summed E-state index contributed by atoms with van der Waals surface area (Å²) in [5.74, 6) is -2.67. The number of anilines is 2. The number of nitrogens with one attached hydrogen (secondary N) is 2. The van der Waals surface area contributed by atoms with Gasteiger partial charge in [0.15, 0.2) is 15.6 Å². The van der Waals surface area contributed by atoms with Gasteiger partial charge in [0.1, 0.15) is 5.75 Å². The molecule has 2 N–H and O–H groups in total. The van der Waals surface area contributed by atoms with Crippen LogP contribution in [0.2, 0.25) is 5.02 Å². The number of carbonyl (C=O) groups is 4. The summed E-state index contributed by atoms with van der Waals surface area (Å²) < 4.78 is 35.6. The molecular formula is C39H57ClN2O8S. The van der Waals surface area contributed by atoms with Crippen LogP contribution in [0.3, 0.4) is 0 Å². The van der Waals surface area contributed by atoms with Crippen LogP contribution in [0.1, 0.15) is 135 Å². The topological polar surface area (TPSA) is 145 Å². The number of carbonyl (C=O) groups excluding carboxylic acids is 4. The van der Waals surface area contributed by atoms with Gasteiger partial charge in [0.2, 0.25) is 12.0 Å². The SMILES string of the molecule is CCCCCCCCCCCCCCCCOC(=O)c1ccc(Cl)c(NC(=O)C(Oc2ccc(S(C)(=O)=O)cc2NC(=O)C(C)(C)C)C(C)=O)c1. The van der Waals surface area contributed by atoms with Gasteiger partial charge >= 0.3 is 5.97 Å². The number of sulfone groups is 1. The molecule has 2 aromatic rings.